The maximum Gasteiger partial charge on any atom is 0.509 e. The molecule has 1 N–H and O–H groups in total. The molecule has 0 fully saturated rings. The van der Waals surface area contributed by atoms with E-state index in [0.717, 1.165) is 5.06 Å². The number of hydroxylamine groups is 2. The largest absolute Gasteiger partial charge is 0.509 e. The summed E-state index contributed by atoms with van der Waals surface area (Å²) in [6, 6.07) is 0. The Labute approximate surface area is 115 Å². The van der Waals surface area contributed by atoms with Crippen molar-refractivity contribution in [1.82, 2.24) is 5.06 Å². The highest BCUT2D eigenvalue weighted by Crippen LogP contribution is 2.47. The smallest absolute Gasteiger partial charge is 0.314 e. The second-order valence-electron chi connectivity index (χ2n) is 3.60. The molecule has 1 atom stereocenters. The molecule has 0 rings (SSSR count). The molecule has 0 radical (unpaired) electrons. The molecule has 0 bridgehead atoms. The molecule has 0 heterocycles. The van der Waals surface area contributed by atoms with Gasteiger partial charge in [0.1, 0.15) is 0 Å². The normalized spacial score (nSPS) is 13.0. The van der Waals surface area contributed by atoms with E-state index in [1.165, 1.54) is 0 Å². The van der Waals surface area contributed by atoms with Gasteiger partial charge in [0.15, 0.2) is 6.16 Å². The van der Waals surface area contributed by atoms with Crippen molar-refractivity contribution in [3.8, 4) is 0 Å². The summed E-state index contributed by atoms with van der Waals surface area (Å²) < 4.78 is 38.4. The van der Waals surface area contributed by atoms with Crippen LogP contribution in [0.2, 0.25) is 0 Å². The third-order valence-corrected chi connectivity index (χ3v) is 5.26. The quantitative estimate of drug-likeness (QED) is 0.437. The van der Waals surface area contributed by atoms with E-state index in [1.807, 2.05) is 0 Å². The average molecular weight is 316 g/mol. The molecule has 0 spiro atoms. The molecule has 0 aliphatic rings. The van der Waals surface area contributed by atoms with Crippen LogP contribution in [0.1, 0.15) is 20.8 Å². The van der Waals surface area contributed by atoms with Crippen LogP contribution in [0.3, 0.4) is 0 Å². The van der Waals surface area contributed by atoms with Crippen molar-refractivity contribution in [2.75, 3.05) is 45.2 Å². The number of nitrogens with zero attached hydrogens (tertiary/aromatic N) is 1. The van der Waals surface area contributed by atoms with Gasteiger partial charge in [0, 0.05) is 6.54 Å². The van der Waals surface area contributed by atoms with Crippen molar-refractivity contribution < 1.29 is 27.9 Å². The Kier molecular flexibility index (Phi) is 10.9. The average Bonchev–Trinajstić information content (AvgIpc) is 2.35. The summed E-state index contributed by atoms with van der Waals surface area (Å²) in [6.07, 6.45) is 0.323. The molecule has 0 saturated carbocycles. The zero-order chi connectivity index (χ0) is 14.7. The molecule has 19 heavy (non-hydrogen) atoms. The minimum absolute atomic E-state index is 0.0938. The van der Waals surface area contributed by atoms with E-state index in [1.54, 1.807) is 20.8 Å². The summed E-state index contributed by atoms with van der Waals surface area (Å²) in [5.41, 5.74) is 0. The fourth-order valence-corrected chi connectivity index (χ4v) is 3.72. The minimum atomic E-state index is -3.14. The molecular formula is C10H24NO6P2+. The van der Waals surface area contributed by atoms with Gasteiger partial charge >= 0.3 is 15.6 Å². The SMILES string of the molecule is CCO[P+](=O)CCN(O)CCP(=O)(OCC)OCC. The van der Waals surface area contributed by atoms with Crippen LogP contribution in [-0.2, 0) is 22.7 Å². The maximum atomic E-state index is 12.1. The zero-order valence-corrected chi connectivity index (χ0v) is 13.6. The van der Waals surface area contributed by atoms with Crippen molar-refractivity contribution in [2.45, 2.75) is 20.8 Å². The third-order valence-electron chi connectivity index (χ3n) is 2.10. The molecule has 0 aromatic carbocycles. The first-order chi connectivity index (χ1) is 8.97. The predicted molar refractivity (Wildman–Crippen MR) is 73.2 cm³/mol. The van der Waals surface area contributed by atoms with Gasteiger partial charge in [-0.1, -0.05) is 0 Å². The molecule has 114 valence electrons. The van der Waals surface area contributed by atoms with Crippen molar-refractivity contribution in [3.63, 3.8) is 0 Å². The van der Waals surface area contributed by atoms with Crippen LogP contribution >= 0.6 is 15.6 Å². The topological polar surface area (TPSA) is 85.3 Å². The fourth-order valence-electron chi connectivity index (χ4n) is 1.32. The maximum absolute atomic E-state index is 12.1. The van der Waals surface area contributed by atoms with Gasteiger partial charge in [-0.15, -0.1) is 4.52 Å². The lowest BCUT2D eigenvalue weighted by atomic mass is 10.6. The third kappa shape index (κ3) is 9.63. The Morgan fingerprint density at radius 2 is 1.68 bits per heavy atom. The molecule has 0 amide bonds. The van der Waals surface area contributed by atoms with E-state index in [0.29, 0.717) is 19.8 Å². The van der Waals surface area contributed by atoms with Crippen LogP contribution in [0, 0.1) is 0 Å². The summed E-state index contributed by atoms with van der Waals surface area (Å²) in [5, 5.41) is 10.5. The molecular weight excluding hydrogens is 292 g/mol. The highest BCUT2D eigenvalue weighted by Gasteiger charge is 2.25. The highest BCUT2D eigenvalue weighted by molar-refractivity contribution is 7.53. The number of hydrogen-bond acceptors (Lipinski definition) is 7. The Balaban J connectivity index is 4.01. The first-order valence-electron chi connectivity index (χ1n) is 6.37. The van der Waals surface area contributed by atoms with Crippen LogP contribution in [0.25, 0.3) is 0 Å². The summed E-state index contributed by atoms with van der Waals surface area (Å²) in [5.74, 6) is 0. The highest BCUT2D eigenvalue weighted by atomic mass is 31.2. The van der Waals surface area contributed by atoms with Gasteiger partial charge in [-0.3, -0.25) is 4.57 Å². The van der Waals surface area contributed by atoms with Gasteiger partial charge in [-0.25, -0.2) is 0 Å². The first kappa shape index (κ1) is 19.1. The number of hydrogen-bond donors (Lipinski definition) is 1. The van der Waals surface area contributed by atoms with E-state index < -0.39 is 15.6 Å². The Bertz CT molecular complexity index is 292. The van der Waals surface area contributed by atoms with E-state index in [9.17, 15) is 14.3 Å². The van der Waals surface area contributed by atoms with E-state index >= 15 is 0 Å². The van der Waals surface area contributed by atoms with Gasteiger partial charge in [0.05, 0.1) is 32.5 Å². The van der Waals surface area contributed by atoms with Crippen molar-refractivity contribution in [2.24, 2.45) is 0 Å². The molecule has 0 aliphatic heterocycles. The summed E-state index contributed by atoms with van der Waals surface area (Å²) in [4.78, 5) is 0. The Hall–Kier alpha value is 0.130. The molecule has 1 unspecified atom stereocenters. The lowest BCUT2D eigenvalue weighted by Gasteiger charge is -2.19. The zero-order valence-electron chi connectivity index (χ0n) is 11.8. The van der Waals surface area contributed by atoms with E-state index in [4.69, 9.17) is 13.6 Å². The summed E-state index contributed by atoms with van der Waals surface area (Å²) in [6.45, 7) is 6.50. The van der Waals surface area contributed by atoms with Gasteiger partial charge in [-0.2, -0.15) is 5.06 Å². The van der Waals surface area contributed by atoms with Gasteiger partial charge < -0.3 is 14.3 Å². The number of rotatable bonds is 12. The first-order valence-corrected chi connectivity index (χ1v) is 9.46. The van der Waals surface area contributed by atoms with E-state index in [-0.39, 0.29) is 25.4 Å². The van der Waals surface area contributed by atoms with Gasteiger partial charge in [0.2, 0.25) is 0 Å². The van der Waals surface area contributed by atoms with Crippen molar-refractivity contribution in [3.05, 3.63) is 0 Å². The Morgan fingerprint density at radius 1 is 1.11 bits per heavy atom. The van der Waals surface area contributed by atoms with E-state index in [2.05, 4.69) is 0 Å². The molecule has 0 aliphatic carbocycles. The van der Waals surface area contributed by atoms with Crippen molar-refractivity contribution in [1.29, 1.82) is 0 Å². The monoisotopic (exact) mass is 316 g/mol. The Morgan fingerprint density at radius 3 is 2.16 bits per heavy atom. The van der Waals surface area contributed by atoms with Crippen LogP contribution in [-0.4, -0.2) is 55.5 Å². The molecule has 9 heteroatoms. The van der Waals surface area contributed by atoms with Crippen LogP contribution in [0.5, 0.6) is 0 Å². The molecule has 0 aromatic heterocycles. The molecule has 0 saturated heterocycles. The van der Waals surface area contributed by atoms with Gasteiger partial charge in [0.25, 0.3) is 0 Å². The van der Waals surface area contributed by atoms with Crippen LogP contribution in [0.4, 0.5) is 0 Å². The van der Waals surface area contributed by atoms with Crippen LogP contribution < -0.4 is 0 Å². The second-order valence-corrected chi connectivity index (χ2v) is 7.15. The lowest BCUT2D eigenvalue weighted by Crippen LogP contribution is -2.26. The summed E-state index contributed by atoms with van der Waals surface area (Å²) >= 11 is 0. The summed E-state index contributed by atoms with van der Waals surface area (Å²) in [7, 11) is -4.89. The molecule has 0 aromatic rings. The van der Waals surface area contributed by atoms with Crippen LogP contribution in [0.15, 0.2) is 0 Å². The fraction of sp³-hybridized carbons (Fsp3) is 1.00. The standard InChI is InChI=1S/C10H24NO6P2/c1-4-15-18(13)9-7-11(12)8-10-19(14,16-5-2)17-6-3/h12H,4-10H2,1-3H3/q+1. The second kappa shape index (κ2) is 10.9. The lowest BCUT2D eigenvalue weighted by molar-refractivity contribution is -0.0810. The van der Waals surface area contributed by atoms with Gasteiger partial charge in [-0.05, 0) is 25.3 Å². The minimum Gasteiger partial charge on any atom is -0.314 e. The molecule has 7 nitrogen and oxygen atoms in total. The van der Waals surface area contributed by atoms with Crippen molar-refractivity contribution >= 4 is 15.6 Å². The predicted octanol–water partition coefficient (Wildman–Crippen LogP) is 2.72.